The van der Waals surface area contributed by atoms with E-state index >= 15 is 0 Å². The van der Waals surface area contributed by atoms with Crippen LogP contribution in [0.5, 0.6) is 5.88 Å². The van der Waals surface area contributed by atoms with Crippen LogP contribution in [0.2, 0.25) is 0 Å². The average molecular weight is 550 g/mol. The lowest BCUT2D eigenvalue weighted by molar-refractivity contribution is -0.144. The molecule has 39 heavy (non-hydrogen) atoms. The van der Waals surface area contributed by atoms with Gasteiger partial charge in [0, 0.05) is 38.3 Å². The van der Waals surface area contributed by atoms with Crippen molar-refractivity contribution >= 4 is 12.0 Å². The number of pyridine rings is 1. The maximum absolute atomic E-state index is 13.7. The number of piperidine rings is 1. The van der Waals surface area contributed by atoms with Gasteiger partial charge >= 0.3 is 12.3 Å². The molecule has 3 rings (SSSR count). The molecule has 1 aromatic carbocycles. The molecule has 2 amide bonds. The molecule has 2 atom stereocenters. The van der Waals surface area contributed by atoms with Gasteiger partial charge in [-0.25, -0.2) is 9.78 Å². The molecule has 10 heteroatoms. The second-order valence-electron chi connectivity index (χ2n) is 11.7. The third kappa shape index (κ3) is 7.42. The number of nitrogens with zero attached hydrogens (tertiary/aromatic N) is 3. The van der Waals surface area contributed by atoms with Gasteiger partial charge in [-0.15, -0.1) is 0 Å². The molecule has 0 bridgehead atoms. The molecule has 7 nitrogen and oxygen atoms in total. The Bertz CT molecular complexity index is 1180. The van der Waals surface area contributed by atoms with Gasteiger partial charge in [0.25, 0.3) is 0 Å². The normalized spacial score (nSPS) is 18.5. The van der Waals surface area contributed by atoms with Crippen LogP contribution in [-0.4, -0.2) is 65.2 Å². The molecule has 1 aliphatic rings. The number of carbonyl (C=O) groups is 2. The van der Waals surface area contributed by atoms with Crippen LogP contribution in [0.25, 0.3) is 0 Å². The maximum Gasteiger partial charge on any atom is 0.421 e. The lowest BCUT2D eigenvalue weighted by Gasteiger charge is -2.45. The molecule has 2 heterocycles. The van der Waals surface area contributed by atoms with E-state index in [9.17, 15) is 22.8 Å². The third-order valence-electron chi connectivity index (χ3n) is 6.86. The van der Waals surface area contributed by atoms with E-state index in [1.807, 2.05) is 52.0 Å². The molecule has 0 aliphatic carbocycles. The van der Waals surface area contributed by atoms with Crippen LogP contribution in [-0.2, 0) is 15.7 Å². The SMILES string of the molecule is Cc1ccccc1C1CN(C(=O)OC(C)(C)C)CCC1N(C)C(=O)C(C)(C)COc1ncccc1C(F)(F)F. The standard InChI is InChI=1S/C29H38F3N3O4/c1-19-11-8-9-12-20(19)21-17-35(26(37)39-27(2,3)4)16-14-23(21)34(7)25(36)28(5,6)18-38-24-22(29(30,31)32)13-10-15-33-24/h8-13,15,21,23H,14,16-18H2,1-7H3. The van der Waals surface area contributed by atoms with Crippen molar-refractivity contribution in [3.8, 4) is 5.88 Å². The number of aromatic nitrogens is 1. The lowest BCUT2D eigenvalue weighted by Crippen LogP contribution is -2.55. The monoisotopic (exact) mass is 549 g/mol. The lowest BCUT2D eigenvalue weighted by atomic mass is 9.82. The minimum Gasteiger partial charge on any atom is -0.476 e. The van der Waals surface area contributed by atoms with Crippen molar-refractivity contribution in [3.05, 3.63) is 59.3 Å². The van der Waals surface area contributed by atoms with E-state index in [2.05, 4.69) is 4.98 Å². The first-order valence-electron chi connectivity index (χ1n) is 13.0. The van der Waals surface area contributed by atoms with Gasteiger partial charge in [0.15, 0.2) is 0 Å². The smallest absolute Gasteiger partial charge is 0.421 e. The van der Waals surface area contributed by atoms with Crippen LogP contribution >= 0.6 is 0 Å². The van der Waals surface area contributed by atoms with Crippen LogP contribution in [0, 0.1) is 12.3 Å². The summed E-state index contributed by atoms with van der Waals surface area (Å²) in [6.07, 6.45) is -3.30. The Hall–Kier alpha value is -3.30. The average Bonchev–Trinajstić information content (AvgIpc) is 2.85. The van der Waals surface area contributed by atoms with Gasteiger partial charge in [-0.1, -0.05) is 24.3 Å². The number of hydrogen-bond acceptors (Lipinski definition) is 5. The van der Waals surface area contributed by atoms with Crippen molar-refractivity contribution in [2.24, 2.45) is 5.41 Å². The largest absolute Gasteiger partial charge is 0.476 e. The van der Waals surface area contributed by atoms with Crippen molar-refractivity contribution < 1.29 is 32.2 Å². The molecule has 1 aliphatic heterocycles. The van der Waals surface area contributed by atoms with Gasteiger partial charge in [0.2, 0.25) is 11.8 Å². The first-order chi connectivity index (χ1) is 18.0. The number of aryl methyl sites for hydroxylation is 1. The predicted molar refractivity (Wildman–Crippen MR) is 141 cm³/mol. The second kappa shape index (κ2) is 11.4. The Morgan fingerprint density at radius 2 is 1.74 bits per heavy atom. The van der Waals surface area contributed by atoms with Gasteiger partial charge in [0.05, 0.1) is 5.41 Å². The van der Waals surface area contributed by atoms with E-state index in [0.717, 1.165) is 17.2 Å². The molecule has 2 unspecified atom stereocenters. The number of alkyl halides is 3. The number of likely N-dealkylation sites (N-methyl/N-ethyl adjacent to an activating group) is 1. The zero-order valence-electron chi connectivity index (χ0n) is 23.6. The predicted octanol–water partition coefficient (Wildman–Crippen LogP) is 6.07. The highest BCUT2D eigenvalue weighted by Crippen LogP contribution is 2.37. The highest BCUT2D eigenvalue weighted by atomic mass is 19.4. The Morgan fingerprint density at radius 1 is 1.08 bits per heavy atom. The fourth-order valence-electron chi connectivity index (χ4n) is 4.86. The fourth-order valence-corrected chi connectivity index (χ4v) is 4.86. The van der Waals surface area contributed by atoms with Crippen LogP contribution in [0.15, 0.2) is 42.6 Å². The van der Waals surface area contributed by atoms with Gasteiger partial charge in [-0.2, -0.15) is 13.2 Å². The molecule has 0 saturated carbocycles. The van der Waals surface area contributed by atoms with E-state index in [0.29, 0.717) is 19.5 Å². The second-order valence-corrected chi connectivity index (χ2v) is 11.7. The summed E-state index contributed by atoms with van der Waals surface area (Å²) in [7, 11) is 1.70. The number of rotatable bonds is 6. The van der Waals surface area contributed by atoms with Crippen LogP contribution in [0.3, 0.4) is 0 Å². The van der Waals surface area contributed by atoms with E-state index in [1.54, 1.807) is 30.7 Å². The number of ether oxygens (including phenoxy) is 2. The number of halogens is 3. The molecular weight excluding hydrogens is 511 g/mol. The topological polar surface area (TPSA) is 72.0 Å². The van der Waals surface area contributed by atoms with Gasteiger partial charge in [-0.3, -0.25) is 4.79 Å². The van der Waals surface area contributed by atoms with Crippen molar-refractivity contribution in [2.45, 2.75) is 71.7 Å². The summed E-state index contributed by atoms with van der Waals surface area (Å²) in [6, 6.07) is 9.68. The van der Waals surface area contributed by atoms with Crippen molar-refractivity contribution in [1.82, 2.24) is 14.8 Å². The quantitative estimate of drug-likeness (QED) is 0.438. The van der Waals surface area contributed by atoms with Crippen molar-refractivity contribution in [1.29, 1.82) is 0 Å². The van der Waals surface area contributed by atoms with E-state index in [1.165, 1.54) is 12.3 Å². The summed E-state index contributed by atoms with van der Waals surface area (Å²) in [5, 5.41) is 0. The summed E-state index contributed by atoms with van der Waals surface area (Å²) in [4.78, 5) is 33.7. The summed E-state index contributed by atoms with van der Waals surface area (Å²) in [5.74, 6) is -1.02. The minimum atomic E-state index is -4.63. The Kier molecular flexibility index (Phi) is 8.87. The number of benzene rings is 1. The van der Waals surface area contributed by atoms with Crippen molar-refractivity contribution in [3.63, 3.8) is 0 Å². The van der Waals surface area contributed by atoms with E-state index in [-0.39, 0.29) is 24.5 Å². The molecule has 214 valence electrons. The zero-order chi connectivity index (χ0) is 29.2. The maximum atomic E-state index is 13.7. The summed E-state index contributed by atoms with van der Waals surface area (Å²) in [5.41, 5.74) is -0.712. The van der Waals surface area contributed by atoms with Crippen LogP contribution < -0.4 is 4.74 Å². The first kappa shape index (κ1) is 30.2. The number of carbonyl (C=O) groups excluding carboxylic acids is 2. The molecular formula is C29H38F3N3O4. The summed E-state index contributed by atoms with van der Waals surface area (Å²) >= 11 is 0. The number of amides is 2. The number of hydrogen-bond donors (Lipinski definition) is 0. The van der Waals surface area contributed by atoms with Gasteiger partial charge in [0.1, 0.15) is 17.8 Å². The molecule has 0 spiro atoms. The van der Waals surface area contributed by atoms with Crippen LogP contribution in [0.4, 0.5) is 18.0 Å². The highest BCUT2D eigenvalue weighted by Gasteiger charge is 2.42. The Labute approximate surface area is 228 Å². The third-order valence-corrected chi connectivity index (χ3v) is 6.86. The Morgan fingerprint density at radius 3 is 2.36 bits per heavy atom. The minimum absolute atomic E-state index is 0.189. The molecule has 1 fully saturated rings. The Balaban J connectivity index is 1.82. The highest BCUT2D eigenvalue weighted by molar-refractivity contribution is 5.82. The van der Waals surface area contributed by atoms with Crippen molar-refractivity contribution in [2.75, 3.05) is 26.7 Å². The molecule has 0 N–H and O–H groups in total. The summed E-state index contributed by atoms with van der Waals surface area (Å²) < 4.78 is 51.2. The first-order valence-corrected chi connectivity index (χ1v) is 13.0. The summed E-state index contributed by atoms with van der Waals surface area (Å²) in [6.45, 7) is 11.2. The van der Waals surface area contributed by atoms with Gasteiger partial charge in [-0.05, 0) is 71.2 Å². The van der Waals surface area contributed by atoms with Crippen LogP contribution in [0.1, 0.15) is 63.6 Å². The zero-order valence-corrected chi connectivity index (χ0v) is 23.6. The number of likely N-dealkylation sites (tertiary alicyclic amines) is 1. The molecule has 2 aromatic rings. The molecule has 1 saturated heterocycles. The van der Waals surface area contributed by atoms with E-state index in [4.69, 9.17) is 9.47 Å². The molecule has 1 aromatic heterocycles. The molecule has 0 radical (unpaired) electrons. The van der Waals surface area contributed by atoms with E-state index < -0.39 is 34.7 Å². The fraction of sp³-hybridized carbons (Fsp3) is 0.552. The van der Waals surface area contributed by atoms with Gasteiger partial charge < -0.3 is 19.3 Å².